The number of amides is 2. The molecule has 196 valence electrons. The molecule has 1 aliphatic rings. The number of rotatable bonds is 8. The van der Waals surface area contributed by atoms with Crippen LogP contribution >= 0.6 is 11.6 Å². The van der Waals surface area contributed by atoms with Gasteiger partial charge in [0.25, 0.3) is 0 Å². The molecule has 38 heavy (non-hydrogen) atoms. The molecule has 1 N–H and O–H groups in total. The van der Waals surface area contributed by atoms with Crippen LogP contribution in [0, 0.1) is 0 Å². The second kappa shape index (κ2) is 10.8. The van der Waals surface area contributed by atoms with Crippen LogP contribution in [0.1, 0.15) is 31.2 Å². The van der Waals surface area contributed by atoms with Gasteiger partial charge in [0.1, 0.15) is 17.6 Å². The van der Waals surface area contributed by atoms with Crippen molar-refractivity contribution in [2.45, 2.75) is 44.3 Å². The minimum absolute atomic E-state index is 0.0132. The number of anilines is 2. The fraction of sp³-hybridized carbons (Fsp3) is 0.310. The molecule has 0 unspecified atom stereocenters. The molecule has 0 radical (unpaired) electrons. The monoisotopic (exact) mass is 530 g/mol. The molecular weight excluding hydrogens is 500 g/mol. The third-order valence-electron chi connectivity index (χ3n) is 7.27. The van der Waals surface area contributed by atoms with Crippen molar-refractivity contribution in [3.63, 3.8) is 0 Å². The number of nitrogens with zero attached hydrogens (tertiary/aromatic N) is 5. The maximum atomic E-state index is 14.0. The maximum absolute atomic E-state index is 14.0. The summed E-state index contributed by atoms with van der Waals surface area (Å²) < 4.78 is 1.60. The highest BCUT2D eigenvalue weighted by Gasteiger charge is 2.48. The van der Waals surface area contributed by atoms with Crippen LogP contribution < -0.4 is 10.2 Å². The van der Waals surface area contributed by atoms with Gasteiger partial charge in [0.15, 0.2) is 0 Å². The molecule has 3 aromatic carbocycles. The molecule has 0 bridgehead atoms. The number of benzene rings is 3. The summed E-state index contributed by atoms with van der Waals surface area (Å²) in [5, 5.41) is 12.1. The van der Waals surface area contributed by atoms with E-state index < -0.39 is 5.54 Å². The van der Waals surface area contributed by atoms with Gasteiger partial charge in [-0.25, -0.2) is 4.68 Å². The number of aromatic nitrogens is 3. The molecule has 1 fully saturated rings. The van der Waals surface area contributed by atoms with Gasteiger partial charge in [-0.3, -0.25) is 9.59 Å². The van der Waals surface area contributed by atoms with E-state index in [2.05, 4.69) is 15.6 Å². The Morgan fingerprint density at radius 1 is 0.974 bits per heavy atom. The summed E-state index contributed by atoms with van der Waals surface area (Å²) in [6, 6.07) is 22.6. The highest BCUT2D eigenvalue weighted by molar-refractivity contribution is 6.30. The molecule has 5 rings (SSSR count). The molecule has 0 atom stereocenters. The summed E-state index contributed by atoms with van der Waals surface area (Å²) in [6.07, 6.45) is 2.91. The van der Waals surface area contributed by atoms with E-state index in [0.29, 0.717) is 23.6 Å². The van der Waals surface area contributed by atoms with Crippen LogP contribution in [0.15, 0.2) is 72.8 Å². The minimum Gasteiger partial charge on any atom is -0.378 e. The highest BCUT2D eigenvalue weighted by atomic mass is 35.5. The molecule has 1 heterocycles. The number of carbonyl (C=O) groups excluding carboxylic acids is 2. The highest BCUT2D eigenvalue weighted by Crippen LogP contribution is 2.38. The zero-order chi connectivity index (χ0) is 26.7. The topological polar surface area (TPSA) is 83.4 Å². The van der Waals surface area contributed by atoms with Crippen molar-refractivity contribution < 1.29 is 9.59 Å². The summed E-state index contributed by atoms with van der Waals surface area (Å²) in [4.78, 5) is 31.8. The van der Waals surface area contributed by atoms with Gasteiger partial charge in [-0.15, -0.1) is 5.10 Å². The van der Waals surface area contributed by atoms with Crippen LogP contribution in [0.3, 0.4) is 0 Å². The van der Waals surface area contributed by atoms with Crippen molar-refractivity contribution in [3.8, 4) is 0 Å². The molecular formula is C29H31ClN6O2. The van der Waals surface area contributed by atoms with E-state index in [0.717, 1.165) is 35.1 Å². The molecule has 0 spiro atoms. The molecule has 1 saturated carbocycles. The van der Waals surface area contributed by atoms with Crippen molar-refractivity contribution in [1.82, 2.24) is 19.9 Å². The Labute approximate surface area is 227 Å². The van der Waals surface area contributed by atoms with Crippen LogP contribution in [0.2, 0.25) is 5.02 Å². The van der Waals surface area contributed by atoms with Gasteiger partial charge in [0.2, 0.25) is 11.8 Å². The van der Waals surface area contributed by atoms with Crippen LogP contribution in [0.5, 0.6) is 0 Å². The lowest BCUT2D eigenvalue weighted by Crippen LogP contribution is -2.57. The molecule has 2 amide bonds. The van der Waals surface area contributed by atoms with Crippen molar-refractivity contribution in [3.05, 3.63) is 83.4 Å². The van der Waals surface area contributed by atoms with Crippen LogP contribution in [0.4, 0.5) is 11.4 Å². The molecule has 4 aromatic rings. The number of hydrogen-bond donors (Lipinski definition) is 1. The summed E-state index contributed by atoms with van der Waals surface area (Å²) in [7, 11) is 3.94. The summed E-state index contributed by atoms with van der Waals surface area (Å²) >= 11 is 6.12. The fourth-order valence-electron chi connectivity index (χ4n) is 5.17. The summed E-state index contributed by atoms with van der Waals surface area (Å²) in [5.74, 6) is -0.353. The van der Waals surface area contributed by atoms with E-state index in [9.17, 15) is 9.59 Å². The predicted molar refractivity (Wildman–Crippen MR) is 150 cm³/mol. The zero-order valence-corrected chi connectivity index (χ0v) is 22.4. The molecule has 1 aliphatic carbocycles. The van der Waals surface area contributed by atoms with Gasteiger partial charge in [-0.05, 0) is 66.9 Å². The van der Waals surface area contributed by atoms with E-state index in [-0.39, 0.29) is 24.9 Å². The Morgan fingerprint density at radius 2 is 1.66 bits per heavy atom. The van der Waals surface area contributed by atoms with Crippen LogP contribution in [-0.4, -0.2) is 51.3 Å². The Hall–Kier alpha value is -3.91. The Kier molecular flexibility index (Phi) is 7.33. The quantitative estimate of drug-likeness (QED) is 0.341. The number of para-hydroxylation sites is 1. The Bertz CT molecular complexity index is 1430. The summed E-state index contributed by atoms with van der Waals surface area (Å²) in [6.45, 7) is 0.274. The van der Waals surface area contributed by atoms with Gasteiger partial charge in [0, 0.05) is 37.0 Å². The largest absolute Gasteiger partial charge is 0.378 e. The standard InChI is InChI=1S/C29H31ClN6O2/c1-34(2)24-15-13-23(14-16-24)31-28(38)29(17-5-6-18-29)35(19-21-9-11-22(30)12-10-21)27(37)20-36-26-8-4-3-7-25(26)32-33-36/h3-4,7-16H,5-6,17-20H2,1-2H3,(H,31,38). The second-order valence-corrected chi connectivity index (χ2v) is 10.4. The minimum atomic E-state index is -0.979. The maximum Gasteiger partial charge on any atom is 0.250 e. The smallest absolute Gasteiger partial charge is 0.250 e. The fourth-order valence-corrected chi connectivity index (χ4v) is 5.29. The Morgan fingerprint density at radius 3 is 2.34 bits per heavy atom. The number of hydrogen-bond acceptors (Lipinski definition) is 5. The van der Waals surface area contributed by atoms with Gasteiger partial charge in [0.05, 0.1) is 5.52 Å². The third-order valence-corrected chi connectivity index (χ3v) is 7.52. The van der Waals surface area contributed by atoms with Gasteiger partial charge in [-0.2, -0.15) is 0 Å². The predicted octanol–water partition coefficient (Wildman–Crippen LogP) is 5.13. The lowest BCUT2D eigenvalue weighted by atomic mass is 9.92. The van der Waals surface area contributed by atoms with Crippen LogP contribution in [0.25, 0.3) is 11.0 Å². The second-order valence-electron chi connectivity index (χ2n) is 9.98. The average molecular weight is 531 g/mol. The SMILES string of the molecule is CN(C)c1ccc(NC(=O)C2(N(Cc3ccc(Cl)cc3)C(=O)Cn3nnc4ccccc43)CCCC2)cc1. The molecule has 1 aromatic heterocycles. The third kappa shape index (κ3) is 5.22. The molecule has 0 saturated heterocycles. The molecule has 0 aliphatic heterocycles. The zero-order valence-electron chi connectivity index (χ0n) is 21.6. The first-order valence-electron chi connectivity index (χ1n) is 12.8. The van der Waals surface area contributed by atoms with E-state index in [1.807, 2.05) is 79.7 Å². The lowest BCUT2D eigenvalue weighted by Gasteiger charge is -2.40. The van der Waals surface area contributed by atoms with E-state index in [1.54, 1.807) is 21.7 Å². The van der Waals surface area contributed by atoms with Gasteiger partial charge >= 0.3 is 0 Å². The average Bonchev–Trinajstić information content (AvgIpc) is 3.57. The van der Waals surface area contributed by atoms with Gasteiger partial charge in [-0.1, -0.05) is 53.9 Å². The Balaban J connectivity index is 1.47. The molecule has 9 heteroatoms. The normalized spacial score (nSPS) is 14.4. The van der Waals surface area contributed by atoms with Crippen molar-refractivity contribution >= 4 is 45.8 Å². The molecule has 8 nitrogen and oxygen atoms in total. The van der Waals surface area contributed by atoms with Crippen molar-refractivity contribution in [1.29, 1.82) is 0 Å². The lowest BCUT2D eigenvalue weighted by molar-refractivity contribution is -0.147. The van der Waals surface area contributed by atoms with E-state index in [4.69, 9.17) is 11.6 Å². The number of halogens is 1. The van der Waals surface area contributed by atoms with Crippen molar-refractivity contribution in [2.75, 3.05) is 24.3 Å². The van der Waals surface area contributed by atoms with Crippen molar-refractivity contribution in [2.24, 2.45) is 0 Å². The number of carbonyl (C=O) groups is 2. The van der Waals surface area contributed by atoms with E-state index in [1.165, 1.54) is 0 Å². The van der Waals surface area contributed by atoms with Gasteiger partial charge < -0.3 is 15.1 Å². The van der Waals surface area contributed by atoms with Crippen LogP contribution in [-0.2, 0) is 22.7 Å². The first-order valence-corrected chi connectivity index (χ1v) is 13.2. The van der Waals surface area contributed by atoms with E-state index >= 15 is 0 Å². The number of fused-ring (bicyclic) bond motifs is 1. The number of nitrogens with one attached hydrogen (secondary N) is 1. The summed E-state index contributed by atoms with van der Waals surface area (Å²) in [5.41, 5.74) is 3.16. The first-order chi connectivity index (χ1) is 18.4. The first kappa shape index (κ1) is 25.7.